The van der Waals surface area contributed by atoms with E-state index < -0.39 is 0 Å². The van der Waals surface area contributed by atoms with Crippen LogP contribution in [0.1, 0.15) is 36.6 Å². The van der Waals surface area contributed by atoms with Crippen LogP contribution in [0.5, 0.6) is 0 Å². The number of nitrogens with one attached hydrogen (secondary N) is 6. The summed E-state index contributed by atoms with van der Waals surface area (Å²) in [6.45, 7) is 0. The molecule has 0 bridgehead atoms. The van der Waals surface area contributed by atoms with Crippen molar-refractivity contribution in [3.8, 4) is 0 Å². The lowest BCUT2D eigenvalue weighted by Crippen LogP contribution is -2.31. The number of fused-ring (bicyclic) bond motifs is 1. The molecule has 0 aliphatic carbocycles. The molecule has 1 aliphatic heterocycles. The Morgan fingerprint density at radius 2 is 1.23 bits per heavy atom. The topological polar surface area (TPSA) is 153 Å². The van der Waals surface area contributed by atoms with E-state index in [0.29, 0.717) is 39.3 Å². The van der Waals surface area contributed by atoms with Crippen molar-refractivity contribution in [2.45, 2.75) is 0 Å². The Balaban J connectivity index is 1.20. The van der Waals surface area contributed by atoms with Crippen molar-refractivity contribution in [2.24, 2.45) is 5.84 Å². The SMILES string of the molecule is CNc1ccc(C(=O)Nc2ccc(C(=O)c3ccc(NC(=O)c4ccc5c(c4)NNN5C)cc3)cc2)cc1NN. The van der Waals surface area contributed by atoms with Gasteiger partial charge in [-0.05, 0) is 84.9 Å². The average Bonchev–Trinajstić information content (AvgIpc) is 3.36. The van der Waals surface area contributed by atoms with Crippen LogP contribution in [0, 0.1) is 0 Å². The molecule has 11 heteroatoms. The summed E-state index contributed by atoms with van der Waals surface area (Å²) in [5, 5.41) is 10.5. The van der Waals surface area contributed by atoms with Crippen molar-refractivity contribution < 1.29 is 14.4 Å². The van der Waals surface area contributed by atoms with E-state index in [2.05, 4.69) is 32.3 Å². The highest BCUT2D eigenvalue weighted by molar-refractivity contribution is 6.10. The molecule has 4 aromatic rings. The quantitative estimate of drug-likeness (QED) is 0.101. The first-order valence-corrected chi connectivity index (χ1v) is 12.4. The van der Waals surface area contributed by atoms with E-state index >= 15 is 0 Å². The van der Waals surface area contributed by atoms with E-state index in [1.54, 1.807) is 85.9 Å². The Morgan fingerprint density at radius 1 is 0.700 bits per heavy atom. The van der Waals surface area contributed by atoms with Gasteiger partial charge < -0.3 is 26.8 Å². The van der Waals surface area contributed by atoms with Crippen LogP contribution in [0.15, 0.2) is 84.9 Å². The number of nitrogen functional groups attached to an aromatic ring is 1. The number of hydrogen-bond donors (Lipinski definition) is 7. The number of anilines is 6. The first-order valence-electron chi connectivity index (χ1n) is 12.4. The number of nitrogens with two attached hydrogens (primary N) is 1. The maximum absolute atomic E-state index is 13.0. The predicted octanol–water partition coefficient (Wildman–Crippen LogP) is 4.03. The van der Waals surface area contributed by atoms with E-state index in [9.17, 15) is 14.4 Å². The molecule has 0 unspecified atom stereocenters. The van der Waals surface area contributed by atoms with Crippen molar-refractivity contribution in [2.75, 3.05) is 45.9 Å². The fourth-order valence-corrected chi connectivity index (χ4v) is 4.28. The molecule has 11 nitrogen and oxygen atoms in total. The van der Waals surface area contributed by atoms with E-state index in [0.717, 1.165) is 17.1 Å². The van der Waals surface area contributed by atoms with E-state index in [1.165, 1.54) is 0 Å². The summed E-state index contributed by atoms with van der Waals surface area (Å²) >= 11 is 0. The monoisotopic (exact) mass is 536 g/mol. The smallest absolute Gasteiger partial charge is 0.255 e. The third-order valence-corrected chi connectivity index (χ3v) is 6.49. The molecule has 8 N–H and O–H groups in total. The molecule has 0 saturated heterocycles. The van der Waals surface area contributed by atoms with Gasteiger partial charge in [0.05, 0.1) is 22.7 Å². The maximum Gasteiger partial charge on any atom is 0.255 e. The molecule has 40 heavy (non-hydrogen) atoms. The molecule has 0 radical (unpaired) electrons. The summed E-state index contributed by atoms with van der Waals surface area (Å²) in [5.74, 6) is 4.79. The molecular formula is C29H28N8O3. The van der Waals surface area contributed by atoms with Gasteiger partial charge in [-0.2, -0.15) is 0 Å². The van der Waals surface area contributed by atoms with Gasteiger partial charge in [-0.15, -0.1) is 5.53 Å². The zero-order valence-corrected chi connectivity index (χ0v) is 21.8. The van der Waals surface area contributed by atoms with Gasteiger partial charge in [0, 0.05) is 47.7 Å². The number of carbonyl (C=O) groups excluding carboxylic acids is 3. The number of rotatable bonds is 8. The van der Waals surface area contributed by atoms with Crippen LogP contribution in [-0.2, 0) is 0 Å². The molecule has 202 valence electrons. The Morgan fingerprint density at radius 3 is 1.77 bits per heavy atom. The van der Waals surface area contributed by atoms with Gasteiger partial charge >= 0.3 is 0 Å². The Kier molecular flexibility index (Phi) is 7.31. The lowest BCUT2D eigenvalue weighted by Gasteiger charge is -2.11. The summed E-state index contributed by atoms with van der Waals surface area (Å²) in [7, 11) is 3.63. The van der Waals surface area contributed by atoms with Gasteiger partial charge in [0.25, 0.3) is 11.8 Å². The Hall–Kier alpha value is -5.39. The molecule has 0 aromatic heterocycles. The second kappa shape index (κ2) is 11.2. The molecular weight excluding hydrogens is 508 g/mol. The van der Waals surface area contributed by atoms with Gasteiger partial charge in [-0.3, -0.25) is 25.2 Å². The van der Waals surface area contributed by atoms with E-state index in [4.69, 9.17) is 5.84 Å². The number of carbonyl (C=O) groups is 3. The molecule has 4 aromatic carbocycles. The Bertz CT molecular complexity index is 1520. The second-order valence-electron chi connectivity index (χ2n) is 9.07. The zero-order chi connectivity index (χ0) is 28.2. The number of nitrogens with zero attached hydrogens (tertiary/aromatic N) is 1. The maximum atomic E-state index is 13.0. The Labute approximate surface area is 230 Å². The first-order chi connectivity index (χ1) is 19.4. The van der Waals surface area contributed by atoms with Crippen molar-refractivity contribution in [1.29, 1.82) is 0 Å². The normalized spacial score (nSPS) is 11.7. The van der Waals surface area contributed by atoms with Crippen molar-refractivity contribution in [3.05, 3.63) is 107 Å². The summed E-state index contributed by atoms with van der Waals surface area (Å²) in [5.41, 5.74) is 14.6. The highest BCUT2D eigenvalue weighted by atomic mass is 16.2. The number of hydrogen-bond acceptors (Lipinski definition) is 9. The van der Waals surface area contributed by atoms with E-state index in [-0.39, 0.29) is 17.6 Å². The molecule has 0 spiro atoms. The predicted molar refractivity (Wildman–Crippen MR) is 158 cm³/mol. The van der Waals surface area contributed by atoms with Crippen LogP contribution in [0.3, 0.4) is 0 Å². The number of hydrazine groups is 3. The third-order valence-electron chi connectivity index (χ3n) is 6.49. The largest absolute Gasteiger partial charge is 0.386 e. The summed E-state index contributed by atoms with van der Waals surface area (Å²) < 4.78 is 0. The van der Waals surface area contributed by atoms with Gasteiger partial charge in [0.15, 0.2) is 5.78 Å². The zero-order valence-electron chi connectivity index (χ0n) is 21.8. The van der Waals surface area contributed by atoms with E-state index in [1.807, 2.05) is 18.1 Å². The molecule has 1 aliphatic rings. The number of benzene rings is 4. The first kappa shape index (κ1) is 26.2. The minimum absolute atomic E-state index is 0.182. The van der Waals surface area contributed by atoms with Gasteiger partial charge in [-0.25, -0.2) is 0 Å². The third kappa shape index (κ3) is 5.41. The summed E-state index contributed by atoms with van der Waals surface area (Å²) in [4.78, 5) is 38.4. The van der Waals surface area contributed by atoms with Crippen molar-refractivity contribution >= 4 is 51.7 Å². The molecule has 0 saturated carbocycles. The van der Waals surface area contributed by atoms with Gasteiger partial charge in [0.1, 0.15) is 0 Å². The standard InChI is InChI=1S/C29H28N8O3/c1-31-23-13-7-19(15-24(23)34-30)28(39)32-21-9-3-17(4-10-21)27(38)18-5-11-22(12-6-18)33-29(40)20-8-14-26-25(16-20)35-36-37(26)2/h3-16,31,34-36H,30H2,1-2H3,(H,32,39)(H,33,40). The lowest BCUT2D eigenvalue weighted by atomic mass is 10.0. The van der Waals surface area contributed by atoms with Crippen molar-refractivity contribution in [3.63, 3.8) is 0 Å². The molecule has 0 fully saturated rings. The van der Waals surface area contributed by atoms with Crippen LogP contribution < -0.4 is 43.2 Å². The van der Waals surface area contributed by atoms with Gasteiger partial charge in [0.2, 0.25) is 0 Å². The van der Waals surface area contributed by atoms with Crippen LogP contribution in [0.25, 0.3) is 0 Å². The molecule has 2 amide bonds. The van der Waals surface area contributed by atoms with Crippen LogP contribution in [-0.4, -0.2) is 31.7 Å². The fraction of sp³-hybridized carbons (Fsp3) is 0.0690. The minimum atomic E-state index is -0.309. The van der Waals surface area contributed by atoms with Crippen molar-refractivity contribution in [1.82, 2.24) is 5.53 Å². The van der Waals surface area contributed by atoms with Gasteiger partial charge in [-0.1, -0.05) is 0 Å². The van der Waals surface area contributed by atoms with Crippen LogP contribution >= 0.6 is 0 Å². The highest BCUT2D eigenvalue weighted by Crippen LogP contribution is 2.29. The van der Waals surface area contributed by atoms with Crippen LogP contribution in [0.2, 0.25) is 0 Å². The molecule has 1 heterocycles. The second-order valence-corrected chi connectivity index (χ2v) is 9.07. The number of amides is 2. The molecule has 0 atom stereocenters. The highest BCUT2D eigenvalue weighted by Gasteiger charge is 2.17. The van der Waals surface area contributed by atoms with Crippen LogP contribution in [0.4, 0.5) is 34.1 Å². The lowest BCUT2D eigenvalue weighted by molar-refractivity contribution is 0.101. The average molecular weight is 537 g/mol. The molecule has 5 rings (SSSR count). The summed E-state index contributed by atoms with van der Waals surface area (Å²) in [6, 6.07) is 23.8. The number of ketones is 1. The minimum Gasteiger partial charge on any atom is -0.386 e. The fourth-order valence-electron chi connectivity index (χ4n) is 4.28. The summed E-state index contributed by atoms with van der Waals surface area (Å²) in [6.07, 6.45) is 0.